The second-order valence-corrected chi connectivity index (χ2v) is 8.87. The lowest BCUT2D eigenvalue weighted by molar-refractivity contribution is -0.135. The van der Waals surface area contributed by atoms with Crippen LogP contribution in [0.25, 0.3) is 16.6 Å². The number of aryl methyl sites for hydroxylation is 1. The molecule has 33 heavy (non-hydrogen) atoms. The van der Waals surface area contributed by atoms with Gasteiger partial charge in [-0.05, 0) is 66.8 Å². The fraction of sp³-hybridized carbons (Fsp3) is 0.200. The molecule has 0 spiro atoms. The lowest BCUT2D eigenvalue weighted by Crippen LogP contribution is -2.38. The average Bonchev–Trinajstić information content (AvgIpc) is 3.31. The first-order chi connectivity index (χ1) is 16.0. The fourth-order valence-corrected chi connectivity index (χ4v) is 4.95. The van der Waals surface area contributed by atoms with E-state index in [1.165, 1.54) is 9.44 Å². The zero-order chi connectivity index (χ0) is 22.9. The molecule has 3 heterocycles. The summed E-state index contributed by atoms with van der Waals surface area (Å²) in [5.41, 5.74) is 2.54. The molecule has 0 saturated heterocycles. The number of aromatic nitrogens is 2. The first-order valence-electron chi connectivity index (χ1n) is 10.6. The Kier molecular flexibility index (Phi) is 5.51. The van der Waals surface area contributed by atoms with Gasteiger partial charge in [0.2, 0.25) is 0 Å². The Morgan fingerprint density at radius 2 is 1.88 bits per heavy atom. The van der Waals surface area contributed by atoms with Crippen LogP contribution in [-0.4, -0.2) is 39.5 Å². The molecular formula is C25H21N3O4S. The smallest absolute Gasteiger partial charge is 0.338 e. The van der Waals surface area contributed by atoms with E-state index >= 15 is 0 Å². The minimum Gasteiger partial charge on any atom is -0.452 e. The van der Waals surface area contributed by atoms with Crippen LogP contribution in [0.2, 0.25) is 0 Å². The molecule has 0 N–H and O–H groups in total. The Bertz CT molecular complexity index is 1420. The van der Waals surface area contributed by atoms with Crippen LogP contribution in [0.4, 0.5) is 0 Å². The number of esters is 1. The van der Waals surface area contributed by atoms with Crippen molar-refractivity contribution >= 4 is 34.1 Å². The molecule has 0 radical (unpaired) electrons. The molecule has 0 aliphatic carbocycles. The number of para-hydroxylation sites is 1. The predicted molar refractivity (Wildman–Crippen MR) is 126 cm³/mol. The normalized spacial score (nSPS) is 13.1. The number of fused-ring (bicyclic) bond motifs is 2. The molecule has 2 aromatic heterocycles. The number of rotatable bonds is 4. The maximum absolute atomic E-state index is 12.9. The third-order valence-corrected chi connectivity index (χ3v) is 6.81. The van der Waals surface area contributed by atoms with E-state index in [1.807, 2.05) is 17.5 Å². The van der Waals surface area contributed by atoms with Gasteiger partial charge in [-0.15, -0.1) is 11.3 Å². The molecule has 0 unspecified atom stereocenters. The highest BCUT2D eigenvalue weighted by Gasteiger charge is 2.22. The number of benzene rings is 2. The van der Waals surface area contributed by atoms with Crippen molar-refractivity contribution < 1.29 is 14.3 Å². The highest BCUT2D eigenvalue weighted by atomic mass is 32.1. The second-order valence-electron chi connectivity index (χ2n) is 7.87. The number of hydrogen-bond acceptors (Lipinski definition) is 6. The monoisotopic (exact) mass is 459 g/mol. The number of carbonyl (C=O) groups excluding carboxylic acids is 2. The average molecular weight is 460 g/mol. The molecule has 7 nitrogen and oxygen atoms in total. The van der Waals surface area contributed by atoms with Crippen molar-refractivity contribution in [3.8, 4) is 5.69 Å². The number of amides is 1. The summed E-state index contributed by atoms with van der Waals surface area (Å²) in [7, 11) is 0. The molecule has 1 aliphatic rings. The predicted octanol–water partition coefficient (Wildman–Crippen LogP) is 3.50. The number of ether oxygens (including phenoxy) is 1. The largest absolute Gasteiger partial charge is 0.452 e. The van der Waals surface area contributed by atoms with E-state index in [-0.39, 0.29) is 18.1 Å². The SMILES string of the molecule is Cc1nc2ccccc2c(=O)n1-c1ccc(C(=O)OCC(=O)N2CCc3sccc3C2)cc1. The topological polar surface area (TPSA) is 81.5 Å². The van der Waals surface area contributed by atoms with Gasteiger partial charge in [-0.2, -0.15) is 0 Å². The zero-order valence-corrected chi connectivity index (χ0v) is 18.8. The van der Waals surface area contributed by atoms with Crippen LogP contribution < -0.4 is 5.56 Å². The third kappa shape index (κ3) is 4.05. The maximum atomic E-state index is 12.9. The molecule has 4 aromatic rings. The number of hydrogen-bond donors (Lipinski definition) is 0. The van der Waals surface area contributed by atoms with Crippen LogP contribution in [0.1, 0.15) is 26.6 Å². The van der Waals surface area contributed by atoms with E-state index in [0.717, 1.165) is 12.0 Å². The number of thiophene rings is 1. The van der Waals surface area contributed by atoms with Gasteiger partial charge in [0.15, 0.2) is 6.61 Å². The van der Waals surface area contributed by atoms with Gasteiger partial charge in [0.05, 0.1) is 22.2 Å². The van der Waals surface area contributed by atoms with E-state index in [4.69, 9.17) is 4.74 Å². The zero-order valence-electron chi connectivity index (χ0n) is 18.0. The van der Waals surface area contributed by atoms with Gasteiger partial charge in [-0.25, -0.2) is 9.78 Å². The summed E-state index contributed by atoms with van der Waals surface area (Å²) >= 11 is 1.71. The minimum atomic E-state index is -0.580. The van der Waals surface area contributed by atoms with Gasteiger partial charge < -0.3 is 9.64 Å². The summed E-state index contributed by atoms with van der Waals surface area (Å²) in [6.45, 7) is 2.65. The number of carbonyl (C=O) groups is 2. The fourth-order valence-electron chi connectivity index (χ4n) is 4.06. The van der Waals surface area contributed by atoms with Crippen LogP contribution in [0.5, 0.6) is 0 Å². The van der Waals surface area contributed by atoms with Gasteiger partial charge in [-0.3, -0.25) is 14.2 Å². The molecule has 2 aromatic carbocycles. The van der Waals surface area contributed by atoms with Crippen LogP contribution >= 0.6 is 11.3 Å². The Morgan fingerprint density at radius 3 is 2.70 bits per heavy atom. The summed E-state index contributed by atoms with van der Waals surface area (Å²) in [6.07, 6.45) is 0.830. The highest BCUT2D eigenvalue weighted by molar-refractivity contribution is 7.10. The molecule has 0 fully saturated rings. The molecule has 1 aliphatic heterocycles. The molecular weight excluding hydrogens is 438 g/mol. The van der Waals surface area contributed by atoms with Crippen LogP contribution in [0.15, 0.2) is 64.8 Å². The van der Waals surface area contributed by atoms with Gasteiger partial charge in [0, 0.05) is 18.0 Å². The van der Waals surface area contributed by atoms with Gasteiger partial charge in [0.1, 0.15) is 5.82 Å². The lowest BCUT2D eigenvalue weighted by atomic mass is 10.1. The minimum absolute atomic E-state index is 0.172. The molecule has 0 bridgehead atoms. The lowest BCUT2D eigenvalue weighted by Gasteiger charge is -2.26. The molecule has 1 amide bonds. The van der Waals surface area contributed by atoms with Crippen molar-refractivity contribution in [2.45, 2.75) is 19.9 Å². The van der Waals surface area contributed by atoms with Crippen molar-refractivity contribution in [3.63, 3.8) is 0 Å². The third-order valence-electron chi connectivity index (χ3n) is 5.79. The summed E-state index contributed by atoms with van der Waals surface area (Å²) < 4.78 is 6.76. The van der Waals surface area contributed by atoms with Crippen molar-refractivity contribution in [2.75, 3.05) is 13.2 Å². The molecule has 5 rings (SSSR count). The van der Waals surface area contributed by atoms with Crippen molar-refractivity contribution in [1.82, 2.24) is 14.5 Å². The standard InChI is InChI=1S/C25H21N3O4S/c1-16-26-21-5-3-2-4-20(21)24(30)28(16)19-8-6-17(7-9-19)25(31)32-15-23(29)27-12-10-22-18(14-27)11-13-33-22/h2-9,11,13H,10,12,14-15H2,1H3. The van der Waals surface area contributed by atoms with Gasteiger partial charge in [-0.1, -0.05) is 12.1 Å². The summed E-state index contributed by atoms with van der Waals surface area (Å²) in [6, 6.07) is 15.7. The van der Waals surface area contributed by atoms with Gasteiger partial charge in [0.25, 0.3) is 11.5 Å². The van der Waals surface area contributed by atoms with E-state index < -0.39 is 5.97 Å². The van der Waals surface area contributed by atoms with Crippen LogP contribution in [0.3, 0.4) is 0 Å². The summed E-state index contributed by atoms with van der Waals surface area (Å²) in [5, 5.41) is 2.56. The summed E-state index contributed by atoms with van der Waals surface area (Å²) in [5.74, 6) is -0.236. The van der Waals surface area contributed by atoms with Crippen molar-refractivity contribution in [3.05, 3.63) is 92.2 Å². The Balaban J connectivity index is 1.27. The van der Waals surface area contributed by atoms with Crippen LogP contribution in [-0.2, 0) is 22.5 Å². The van der Waals surface area contributed by atoms with Crippen molar-refractivity contribution in [1.29, 1.82) is 0 Å². The molecule has 0 atom stereocenters. The van der Waals surface area contributed by atoms with Crippen molar-refractivity contribution in [2.24, 2.45) is 0 Å². The first kappa shape index (κ1) is 21.1. The Labute approximate surface area is 193 Å². The van der Waals surface area contributed by atoms with E-state index in [0.29, 0.717) is 41.1 Å². The van der Waals surface area contributed by atoms with Crippen LogP contribution in [0, 0.1) is 6.92 Å². The molecule has 0 saturated carbocycles. The van der Waals surface area contributed by atoms with E-state index in [9.17, 15) is 14.4 Å². The Hall–Kier alpha value is -3.78. The second kappa shape index (κ2) is 8.63. The molecule has 8 heteroatoms. The quantitative estimate of drug-likeness (QED) is 0.437. The maximum Gasteiger partial charge on any atom is 0.338 e. The summed E-state index contributed by atoms with van der Waals surface area (Å²) in [4.78, 5) is 45.4. The van der Waals surface area contributed by atoms with E-state index in [1.54, 1.807) is 65.6 Å². The van der Waals surface area contributed by atoms with Gasteiger partial charge >= 0.3 is 5.97 Å². The first-order valence-corrected chi connectivity index (χ1v) is 11.5. The number of nitrogens with zero attached hydrogens (tertiary/aromatic N) is 3. The Morgan fingerprint density at radius 1 is 1.09 bits per heavy atom. The molecule has 166 valence electrons. The van der Waals surface area contributed by atoms with E-state index in [2.05, 4.69) is 4.98 Å². The highest BCUT2D eigenvalue weighted by Crippen LogP contribution is 2.24.